The van der Waals surface area contributed by atoms with Crippen molar-refractivity contribution in [1.82, 2.24) is 15.6 Å². The van der Waals surface area contributed by atoms with E-state index in [1.165, 1.54) is 0 Å². The first-order valence-corrected chi connectivity index (χ1v) is 7.13. The third kappa shape index (κ3) is 3.53. The lowest BCUT2D eigenvalue weighted by molar-refractivity contribution is -0.148. The molecule has 1 saturated carbocycles. The van der Waals surface area contributed by atoms with Gasteiger partial charge in [0.15, 0.2) is 0 Å². The fourth-order valence-electron chi connectivity index (χ4n) is 2.65. The van der Waals surface area contributed by atoms with Gasteiger partial charge in [-0.05, 0) is 26.7 Å². The molecule has 116 valence electrons. The summed E-state index contributed by atoms with van der Waals surface area (Å²) in [7, 11) is 0. The Morgan fingerprint density at radius 1 is 1.48 bits per heavy atom. The maximum Gasteiger partial charge on any atom is 0.315 e. The second kappa shape index (κ2) is 6.15. The molecule has 0 aromatic carbocycles. The number of oxazole rings is 1. The van der Waals surface area contributed by atoms with E-state index in [1.807, 2.05) is 0 Å². The van der Waals surface area contributed by atoms with Gasteiger partial charge in [0.05, 0.1) is 11.6 Å². The van der Waals surface area contributed by atoms with E-state index in [1.54, 1.807) is 20.0 Å². The summed E-state index contributed by atoms with van der Waals surface area (Å²) in [6.45, 7) is 3.68. The van der Waals surface area contributed by atoms with Gasteiger partial charge in [0, 0.05) is 6.54 Å². The molecule has 1 aromatic rings. The quantitative estimate of drug-likeness (QED) is 0.770. The molecule has 1 aliphatic rings. The molecule has 1 heterocycles. The lowest BCUT2D eigenvalue weighted by Gasteiger charge is -2.24. The third-order valence-electron chi connectivity index (χ3n) is 3.96. The van der Waals surface area contributed by atoms with Crippen LogP contribution in [-0.4, -0.2) is 28.6 Å². The summed E-state index contributed by atoms with van der Waals surface area (Å²) in [6, 6.07) is -0.783. The highest BCUT2D eigenvalue weighted by Crippen LogP contribution is 2.37. The van der Waals surface area contributed by atoms with Gasteiger partial charge in [0.25, 0.3) is 0 Å². The summed E-state index contributed by atoms with van der Waals surface area (Å²) < 4.78 is 5.33. The van der Waals surface area contributed by atoms with Crippen molar-refractivity contribution < 1.29 is 19.1 Å². The van der Waals surface area contributed by atoms with Crippen LogP contribution in [0.5, 0.6) is 0 Å². The predicted molar refractivity (Wildman–Crippen MR) is 74.7 cm³/mol. The van der Waals surface area contributed by atoms with Crippen molar-refractivity contribution in [3.63, 3.8) is 0 Å². The maximum atomic E-state index is 11.9. The molecule has 2 rings (SSSR count). The number of aromatic nitrogens is 1. The van der Waals surface area contributed by atoms with Crippen molar-refractivity contribution in [2.45, 2.75) is 45.6 Å². The van der Waals surface area contributed by atoms with Crippen LogP contribution >= 0.6 is 0 Å². The van der Waals surface area contributed by atoms with Crippen molar-refractivity contribution in [3.8, 4) is 0 Å². The topological polar surface area (TPSA) is 104 Å². The maximum absolute atomic E-state index is 11.9. The van der Waals surface area contributed by atoms with Crippen LogP contribution in [0, 0.1) is 12.3 Å². The zero-order valence-corrected chi connectivity index (χ0v) is 12.3. The molecule has 2 amide bonds. The Hall–Kier alpha value is -2.05. The predicted octanol–water partition coefficient (Wildman–Crippen LogP) is 1.99. The highest BCUT2D eigenvalue weighted by atomic mass is 16.4. The van der Waals surface area contributed by atoms with Crippen LogP contribution in [0.25, 0.3) is 0 Å². The molecule has 0 saturated heterocycles. The van der Waals surface area contributed by atoms with Gasteiger partial charge in [-0.1, -0.05) is 12.8 Å². The minimum Gasteiger partial charge on any atom is -0.481 e. The molecule has 7 heteroatoms. The number of carboxylic acids is 1. The minimum absolute atomic E-state index is 0.144. The van der Waals surface area contributed by atoms with E-state index in [9.17, 15) is 14.7 Å². The molecular weight excluding hydrogens is 274 g/mol. The Bertz CT molecular complexity index is 520. The molecule has 21 heavy (non-hydrogen) atoms. The van der Waals surface area contributed by atoms with Crippen LogP contribution in [0.2, 0.25) is 0 Å². The van der Waals surface area contributed by atoms with Crippen LogP contribution in [0.4, 0.5) is 4.79 Å². The second-order valence-corrected chi connectivity index (χ2v) is 5.65. The number of carbonyl (C=O) groups excluding carboxylic acids is 1. The van der Waals surface area contributed by atoms with Gasteiger partial charge in [-0.2, -0.15) is 0 Å². The lowest BCUT2D eigenvalue weighted by Crippen LogP contribution is -2.45. The fourth-order valence-corrected chi connectivity index (χ4v) is 2.65. The molecule has 1 aromatic heterocycles. The van der Waals surface area contributed by atoms with E-state index < -0.39 is 17.4 Å². The van der Waals surface area contributed by atoms with E-state index in [4.69, 9.17) is 4.42 Å². The van der Waals surface area contributed by atoms with Gasteiger partial charge in [-0.25, -0.2) is 9.78 Å². The number of hydrogen-bond donors (Lipinski definition) is 3. The number of urea groups is 1. The Labute approximate surface area is 123 Å². The average molecular weight is 295 g/mol. The standard InChI is InChI=1S/C14H21N3O4/c1-9-7-15-11(21-9)10(2)17-13(20)16-8-14(12(18)19)5-3-4-6-14/h7,10H,3-6,8H2,1-2H3,(H,18,19)(H2,16,17,20). The van der Waals surface area contributed by atoms with Crippen molar-refractivity contribution in [1.29, 1.82) is 0 Å². The Kier molecular flexibility index (Phi) is 4.50. The van der Waals surface area contributed by atoms with E-state index >= 15 is 0 Å². The molecule has 1 atom stereocenters. The number of rotatable bonds is 5. The molecule has 0 bridgehead atoms. The fraction of sp³-hybridized carbons (Fsp3) is 0.643. The van der Waals surface area contributed by atoms with Gasteiger partial charge in [0.2, 0.25) is 5.89 Å². The van der Waals surface area contributed by atoms with Gasteiger partial charge in [0.1, 0.15) is 11.8 Å². The van der Waals surface area contributed by atoms with Crippen molar-refractivity contribution in [2.75, 3.05) is 6.54 Å². The van der Waals surface area contributed by atoms with Crippen molar-refractivity contribution >= 4 is 12.0 Å². The molecule has 7 nitrogen and oxygen atoms in total. The molecule has 0 radical (unpaired) electrons. The Morgan fingerprint density at radius 2 is 2.14 bits per heavy atom. The number of nitrogens with one attached hydrogen (secondary N) is 2. The first-order valence-electron chi connectivity index (χ1n) is 7.13. The van der Waals surface area contributed by atoms with Crippen LogP contribution in [-0.2, 0) is 4.79 Å². The number of amides is 2. The van der Waals surface area contributed by atoms with E-state index in [0.717, 1.165) is 12.8 Å². The third-order valence-corrected chi connectivity index (χ3v) is 3.96. The summed E-state index contributed by atoms with van der Waals surface area (Å²) in [5, 5.41) is 14.7. The Balaban J connectivity index is 1.85. The lowest BCUT2D eigenvalue weighted by atomic mass is 9.86. The number of aliphatic carboxylic acids is 1. The summed E-state index contributed by atoms with van der Waals surface area (Å²) >= 11 is 0. The molecule has 1 fully saturated rings. The van der Waals surface area contributed by atoms with Gasteiger partial charge in [-0.3, -0.25) is 4.79 Å². The summed E-state index contributed by atoms with van der Waals surface area (Å²) in [6.07, 6.45) is 4.58. The molecule has 0 spiro atoms. The van der Waals surface area contributed by atoms with Gasteiger partial charge in [-0.15, -0.1) is 0 Å². The molecule has 1 aliphatic carbocycles. The normalized spacial score (nSPS) is 18.2. The number of hydrogen-bond acceptors (Lipinski definition) is 4. The smallest absolute Gasteiger partial charge is 0.315 e. The monoisotopic (exact) mass is 295 g/mol. The number of carboxylic acid groups (broad SMARTS) is 1. The molecule has 0 aliphatic heterocycles. The minimum atomic E-state index is -0.836. The first kappa shape index (κ1) is 15.3. The Morgan fingerprint density at radius 3 is 2.67 bits per heavy atom. The molecule has 3 N–H and O–H groups in total. The first-order chi connectivity index (χ1) is 9.93. The highest BCUT2D eigenvalue weighted by Gasteiger charge is 2.41. The van der Waals surface area contributed by atoms with Crippen LogP contribution in [0.3, 0.4) is 0 Å². The number of nitrogens with zero attached hydrogens (tertiary/aromatic N) is 1. The largest absolute Gasteiger partial charge is 0.481 e. The van der Waals surface area contributed by atoms with Crippen molar-refractivity contribution in [3.05, 3.63) is 17.8 Å². The summed E-state index contributed by atoms with van der Waals surface area (Å²) in [5.41, 5.74) is -0.819. The zero-order chi connectivity index (χ0) is 15.5. The molecule has 1 unspecified atom stereocenters. The highest BCUT2D eigenvalue weighted by molar-refractivity contribution is 5.78. The van der Waals surface area contributed by atoms with E-state index in [0.29, 0.717) is 24.5 Å². The average Bonchev–Trinajstić information content (AvgIpc) is 3.06. The zero-order valence-electron chi connectivity index (χ0n) is 12.3. The number of aryl methyl sites for hydroxylation is 1. The van der Waals surface area contributed by atoms with E-state index in [-0.39, 0.29) is 12.6 Å². The van der Waals surface area contributed by atoms with Crippen LogP contribution < -0.4 is 10.6 Å². The van der Waals surface area contributed by atoms with Gasteiger partial charge >= 0.3 is 12.0 Å². The van der Waals surface area contributed by atoms with Crippen LogP contribution in [0.15, 0.2) is 10.6 Å². The summed E-state index contributed by atoms with van der Waals surface area (Å²) in [5.74, 6) is 0.267. The number of carbonyl (C=O) groups is 2. The van der Waals surface area contributed by atoms with Crippen LogP contribution in [0.1, 0.15) is 50.3 Å². The SMILES string of the molecule is Cc1cnc(C(C)NC(=O)NCC2(C(=O)O)CCCC2)o1. The van der Waals surface area contributed by atoms with Crippen molar-refractivity contribution in [2.24, 2.45) is 5.41 Å². The molecular formula is C14H21N3O4. The van der Waals surface area contributed by atoms with E-state index in [2.05, 4.69) is 15.6 Å². The van der Waals surface area contributed by atoms with Gasteiger partial charge < -0.3 is 20.2 Å². The second-order valence-electron chi connectivity index (χ2n) is 5.65. The summed E-state index contributed by atoms with van der Waals surface area (Å²) in [4.78, 5) is 27.3.